The molecule has 0 atom stereocenters. The maximum atomic E-state index is 3.36. The molecule has 51 heavy (non-hydrogen) atoms. The van der Waals surface area contributed by atoms with Crippen LogP contribution in [0.4, 0.5) is 0 Å². The number of rotatable bonds is 6. The van der Waals surface area contributed by atoms with E-state index in [-0.39, 0.29) is 0 Å². The summed E-state index contributed by atoms with van der Waals surface area (Å²) in [6, 6.07) is 50.9. The van der Waals surface area contributed by atoms with E-state index >= 15 is 0 Å². The molecule has 5 aromatic carbocycles. The third-order valence-electron chi connectivity index (χ3n) is 8.11. The quantitative estimate of drug-likeness (QED) is 0.156. The van der Waals surface area contributed by atoms with Crippen LogP contribution >= 0.6 is 0 Å². The largest absolute Gasteiger partial charge is 0.103 e. The molecule has 0 heteroatoms. The second-order valence-electron chi connectivity index (χ2n) is 14.6. The Morgan fingerprint density at radius 2 is 0.471 bits per heavy atom. The maximum absolute atomic E-state index is 3.36. The molecular weight excluding hydrogens is 613 g/mol. The fourth-order valence-corrected chi connectivity index (χ4v) is 4.60. The van der Waals surface area contributed by atoms with Gasteiger partial charge < -0.3 is 0 Å². The molecule has 0 fully saturated rings. The normalized spacial score (nSPS) is 10.0. The SMILES string of the molecule is C=CC.CC(C)c1ccc(C(C)C)cc1.CC(C)c1cccc(C(C)C)c1.CC(C)c1ccccc1.CC(C)c1ccccc1.c1ccccc1. The van der Waals surface area contributed by atoms with Gasteiger partial charge in [-0.3, -0.25) is 0 Å². The van der Waals surface area contributed by atoms with Gasteiger partial charge in [-0.15, -0.1) is 6.58 Å². The van der Waals surface area contributed by atoms with Crippen LogP contribution in [0.25, 0.3) is 0 Å². The molecule has 0 amide bonds. The van der Waals surface area contributed by atoms with Crippen molar-refractivity contribution < 1.29 is 0 Å². The van der Waals surface area contributed by atoms with Gasteiger partial charge in [0, 0.05) is 0 Å². The third kappa shape index (κ3) is 23.0. The highest BCUT2D eigenvalue weighted by Gasteiger charge is 2.03. The Morgan fingerprint density at radius 3 is 0.667 bits per heavy atom. The van der Waals surface area contributed by atoms with Crippen LogP contribution in [0.3, 0.4) is 0 Å². The highest BCUT2D eigenvalue weighted by Crippen LogP contribution is 2.21. The van der Waals surface area contributed by atoms with Gasteiger partial charge in [-0.05, 0) is 75.8 Å². The van der Waals surface area contributed by atoms with Crippen molar-refractivity contribution in [1.29, 1.82) is 0 Å². The molecule has 0 unspecified atom stereocenters. The number of hydrogen-bond donors (Lipinski definition) is 0. The van der Waals surface area contributed by atoms with Crippen molar-refractivity contribution in [2.24, 2.45) is 0 Å². The van der Waals surface area contributed by atoms with Crippen LogP contribution < -0.4 is 0 Å². The molecule has 0 nitrogen and oxygen atoms in total. The van der Waals surface area contributed by atoms with Gasteiger partial charge >= 0.3 is 0 Å². The fourth-order valence-electron chi connectivity index (χ4n) is 4.60. The van der Waals surface area contributed by atoms with Crippen LogP contribution in [0.2, 0.25) is 0 Å². The van der Waals surface area contributed by atoms with Gasteiger partial charge in [0.15, 0.2) is 0 Å². The van der Waals surface area contributed by atoms with E-state index < -0.39 is 0 Å². The van der Waals surface area contributed by atoms with E-state index in [1.165, 1.54) is 33.4 Å². The number of allylic oxidation sites excluding steroid dienone is 1. The highest BCUT2D eigenvalue weighted by atomic mass is 14.1. The van der Waals surface area contributed by atoms with Crippen molar-refractivity contribution in [2.75, 3.05) is 0 Å². The molecule has 0 bridgehead atoms. The van der Waals surface area contributed by atoms with E-state index in [0.29, 0.717) is 35.5 Å². The van der Waals surface area contributed by atoms with Crippen molar-refractivity contribution in [3.05, 3.63) is 192 Å². The van der Waals surface area contributed by atoms with E-state index in [2.05, 4.69) is 187 Å². The molecule has 0 heterocycles. The zero-order valence-corrected chi connectivity index (χ0v) is 34.6. The zero-order valence-electron chi connectivity index (χ0n) is 34.6. The molecule has 0 spiro atoms. The van der Waals surface area contributed by atoms with E-state index in [4.69, 9.17) is 0 Å². The summed E-state index contributed by atoms with van der Waals surface area (Å²) >= 11 is 0. The lowest BCUT2D eigenvalue weighted by Gasteiger charge is -2.09. The molecule has 0 saturated carbocycles. The Labute approximate surface area is 316 Å². The molecule has 0 aromatic heterocycles. The Morgan fingerprint density at radius 1 is 0.294 bits per heavy atom. The van der Waals surface area contributed by atoms with Gasteiger partial charge in [0.25, 0.3) is 0 Å². The molecule has 0 N–H and O–H groups in total. The number of hydrogen-bond acceptors (Lipinski definition) is 0. The molecule has 0 aliphatic rings. The minimum absolute atomic E-state index is 0.642. The summed E-state index contributed by atoms with van der Waals surface area (Å²) in [5.41, 5.74) is 8.58. The summed E-state index contributed by atoms with van der Waals surface area (Å²) in [6.45, 7) is 31.9. The molecule has 0 radical (unpaired) electrons. The highest BCUT2D eigenvalue weighted by molar-refractivity contribution is 5.28. The van der Waals surface area contributed by atoms with Gasteiger partial charge in [-0.2, -0.15) is 0 Å². The van der Waals surface area contributed by atoms with Crippen LogP contribution in [0.15, 0.2) is 158 Å². The molecule has 5 rings (SSSR count). The summed E-state index contributed by atoms with van der Waals surface area (Å²) in [5, 5.41) is 0. The molecule has 0 aliphatic heterocycles. The predicted octanol–water partition coefficient (Wildman–Crippen LogP) is 16.4. The second kappa shape index (κ2) is 28.5. The Hall–Kier alpha value is -4.16. The lowest BCUT2D eigenvalue weighted by atomic mass is 9.96. The average molecular weight is 685 g/mol. The first-order valence-corrected chi connectivity index (χ1v) is 19.1. The number of benzene rings is 5. The van der Waals surface area contributed by atoms with E-state index in [1.54, 1.807) is 6.08 Å². The first-order chi connectivity index (χ1) is 24.2. The van der Waals surface area contributed by atoms with Crippen LogP contribution in [0.1, 0.15) is 159 Å². The minimum atomic E-state index is 0.642. The van der Waals surface area contributed by atoms with Crippen molar-refractivity contribution >= 4 is 0 Å². The van der Waals surface area contributed by atoms with Crippen molar-refractivity contribution in [1.82, 2.24) is 0 Å². The van der Waals surface area contributed by atoms with Gasteiger partial charge in [-0.1, -0.05) is 235 Å². The predicted molar refractivity (Wildman–Crippen MR) is 233 cm³/mol. The lowest BCUT2D eigenvalue weighted by molar-refractivity contribution is 0.834. The van der Waals surface area contributed by atoms with Crippen LogP contribution in [-0.2, 0) is 0 Å². The first-order valence-electron chi connectivity index (χ1n) is 19.1. The van der Waals surface area contributed by atoms with Crippen molar-refractivity contribution in [2.45, 2.75) is 126 Å². The summed E-state index contributed by atoms with van der Waals surface area (Å²) < 4.78 is 0. The Bertz CT molecular complexity index is 1350. The average Bonchev–Trinajstić information content (AvgIpc) is 3.14. The van der Waals surface area contributed by atoms with Gasteiger partial charge in [-0.25, -0.2) is 0 Å². The van der Waals surface area contributed by atoms with Crippen LogP contribution in [0, 0.1) is 0 Å². The standard InChI is InChI=1S/2C12H18.2C9H12.C6H6.C3H6/c1-9(2)11-5-7-12(8-6-11)10(3)4;1-9(2)11-6-5-7-12(8-11)10(3)4;2*1-8(2)9-6-4-3-5-7-9;1-2-4-6-5-3-1;1-3-2/h2*5-10H,1-4H3;2*3-8H,1-2H3;1-6H;3H,1H2,2H3. The zero-order chi connectivity index (χ0) is 38.6. The summed E-state index contributed by atoms with van der Waals surface area (Å²) in [4.78, 5) is 0. The van der Waals surface area contributed by atoms with Crippen molar-refractivity contribution in [3.8, 4) is 0 Å². The van der Waals surface area contributed by atoms with Crippen LogP contribution in [-0.4, -0.2) is 0 Å². The monoisotopic (exact) mass is 685 g/mol. The Balaban J connectivity index is 0.000000609. The second-order valence-corrected chi connectivity index (χ2v) is 14.6. The molecule has 5 aromatic rings. The van der Waals surface area contributed by atoms with Crippen molar-refractivity contribution in [3.63, 3.8) is 0 Å². The smallest absolute Gasteiger partial charge is 0.0219 e. The molecule has 276 valence electrons. The topological polar surface area (TPSA) is 0 Å². The fraction of sp³-hybridized carbons (Fsp3) is 0.373. The van der Waals surface area contributed by atoms with Gasteiger partial charge in [0.2, 0.25) is 0 Å². The summed E-state index contributed by atoms with van der Waals surface area (Å²) in [6.07, 6.45) is 1.75. The Kier molecular flexibility index (Phi) is 26.2. The van der Waals surface area contributed by atoms with E-state index in [9.17, 15) is 0 Å². The first kappa shape index (κ1) is 46.8. The van der Waals surface area contributed by atoms with Gasteiger partial charge in [0.05, 0.1) is 0 Å². The molecular formula is C51H72. The summed E-state index contributed by atoms with van der Waals surface area (Å²) in [5.74, 6) is 3.89. The minimum Gasteiger partial charge on any atom is -0.103 e. The third-order valence-corrected chi connectivity index (χ3v) is 8.11. The van der Waals surface area contributed by atoms with Gasteiger partial charge in [0.1, 0.15) is 0 Å². The van der Waals surface area contributed by atoms with E-state index in [1.807, 2.05) is 55.5 Å². The lowest BCUT2D eigenvalue weighted by Crippen LogP contribution is -1.91. The summed E-state index contributed by atoms with van der Waals surface area (Å²) in [7, 11) is 0. The molecule has 0 aliphatic carbocycles. The van der Waals surface area contributed by atoms with Crippen LogP contribution in [0.5, 0.6) is 0 Å². The molecule has 0 saturated heterocycles. The van der Waals surface area contributed by atoms with E-state index in [0.717, 1.165) is 0 Å². The maximum Gasteiger partial charge on any atom is -0.0219 e.